The Hall–Kier alpha value is -2.97. The highest BCUT2D eigenvalue weighted by molar-refractivity contribution is 5.71. The maximum atomic E-state index is 14.1. The van der Waals surface area contributed by atoms with E-state index in [0.29, 0.717) is 49.4 Å². The second-order valence-corrected chi connectivity index (χ2v) is 7.72. The first kappa shape index (κ1) is 19.4. The molecule has 9 heteroatoms. The summed E-state index contributed by atoms with van der Waals surface area (Å²) in [5.41, 5.74) is 0.536. The molecule has 2 aliphatic rings. The summed E-state index contributed by atoms with van der Waals surface area (Å²) < 4.78 is 14.1. The molecule has 0 aliphatic carbocycles. The second-order valence-electron chi connectivity index (χ2n) is 7.72. The molecule has 0 amide bonds. The van der Waals surface area contributed by atoms with Crippen molar-refractivity contribution in [3.63, 3.8) is 0 Å². The predicted octanol–water partition coefficient (Wildman–Crippen LogP) is 3.09. The zero-order chi connectivity index (χ0) is 20.4. The van der Waals surface area contributed by atoms with Gasteiger partial charge in [-0.1, -0.05) is 19.1 Å². The summed E-state index contributed by atoms with van der Waals surface area (Å²) in [5.74, 6) is 1.13. The lowest BCUT2D eigenvalue weighted by molar-refractivity contribution is -0.383. The lowest BCUT2D eigenvalue weighted by Gasteiger charge is -2.37. The predicted molar refractivity (Wildman–Crippen MR) is 110 cm³/mol. The van der Waals surface area contributed by atoms with E-state index in [1.54, 1.807) is 12.1 Å². The maximum Gasteiger partial charge on any atom is 0.353 e. The van der Waals surface area contributed by atoms with Crippen LogP contribution in [0.2, 0.25) is 0 Å². The minimum Gasteiger partial charge on any atom is -0.366 e. The number of rotatable bonds is 4. The van der Waals surface area contributed by atoms with Gasteiger partial charge in [-0.2, -0.15) is 0 Å². The number of piperidine rings is 1. The number of aromatic nitrogens is 2. The van der Waals surface area contributed by atoms with Crippen LogP contribution in [0.15, 0.2) is 30.6 Å². The fraction of sp³-hybridized carbons (Fsp3) is 0.500. The van der Waals surface area contributed by atoms with E-state index < -0.39 is 0 Å². The van der Waals surface area contributed by atoms with Gasteiger partial charge in [-0.05, 0) is 30.9 Å². The summed E-state index contributed by atoms with van der Waals surface area (Å²) in [5, 5.41) is 11.9. The zero-order valence-electron chi connectivity index (χ0n) is 16.5. The van der Waals surface area contributed by atoms with Crippen LogP contribution < -0.4 is 14.7 Å². The smallest absolute Gasteiger partial charge is 0.353 e. The highest BCUT2D eigenvalue weighted by atomic mass is 19.1. The van der Waals surface area contributed by atoms with Gasteiger partial charge in [0.25, 0.3) is 0 Å². The Kier molecular flexibility index (Phi) is 5.46. The number of halogens is 1. The molecule has 0 saturated carbocycles. The average Bonchev–Trinajstić information content (AvgIpc) is 2.74. The van der Waals surface area contributed by atoms with E-state index in [1.165, 1.54) is 12.4 Å². The standard InChI is InChI=1S/C20H25FN6O2/c1-15-6-8-25(9-7-15)19-18(27(28)29)20(23-14-22-19)26-12-10-24(11-13-26)17-5-3-2-4-16(17)21/h2-5,14-15H,6-13H2,1H3. The van der Waals surface area contributed by atoms with Gasteiger partial charge in [0.05, 0.1) is 10.6 Å². The number of nitrogens with zero attached hydrogens (tertiary/aromatic N) is 6. The molecule has 0 radical (unpaired) electrons. The van der Waals surface area contributed by atoms with Crippen LogP contribution >= 0.6 is 0 Å². The molecular formula is C20H25FN6O2. The Morgan fingerprint density at radius 2 is 1.52 bits per heavy atom. The van der Waals surface area contributed by atoms with Gasteiger partial charge in [0, 0.05) is 39.3 Å². The van der Waals surface area contributed by atoms with Crippen molar-refractivity contribution in [2.45, 2.75) is 19.8 Å². The Morgan fingerprint density at radius 3 is 2.10 bits per heavy atom. The van der Waals surface area contributed by atoms with E-state index >= 15 is 0 Å². The van der Waals surface area contributed by atoms with Crippen LogP contribution in [-0.2, 0) is 0 Å². The number of para-hydroxylation sites is 1. The first-order chi connectivity index (χ1) is 14.0. The Bertz CT molecular complexity index is 879. The van der Waals surface area contributed by atoms with E-state index in [4.69, 9.17) is 0 Å². The second kappa shape index (κ2) is 8.18. The van der Waals surface area contributed by atoms with Crippen molar-refractivity contribution in [3.05, 3.63) is 46.5 Å². The Labute approximate surface area is 169 Å². The van der Waals surface area contributed by atoms with Crippen molar-refractivity contribution in [3.8, 4) is 0 Å². The van der Waals surface area contributed by atoms with Crippen LogP contribution in [0.4, 0.5) is 27.4 Å². The summed E-state index contributed by atoms with van der Waals surface area (Å²) in [7, 11) is 0. The third kappa shape index (κ3) is 3.94. The molecule has 0 atom stereocenters. The summed E-state index contributed by atoms with van der Waals surface area (Å²) in [4.78, 5) is 26.0. The van der Waals surface area contributed by atoms with Gasteiger partial charge in [-0.25, -0.2) is 14.4 Å². The van der Waals surface area contributed by atoms with Crippen molar-refractivity contribution in [1.29, 1.82) is 0 Å². The van der Waals surface area contributed by atoms with Gasteiger partial charge in [-0.3, -0.25) is 10.1 Å². The molecule has 1 aromatic carbocycles. The number of hydrogen-bond acceptors (Lipinski definition) is 7. The highest BCUT2D eigenvalue weighted by Gasteiger charge is 2.32. The van der Waals surface area contributed by atoms with Gasteiger partial charge in [-0.15, -0.1) is 0 Å². The van der Waals surface area contributed by atoms with Crippen molar-refractivity contribution in [2.75, 3.05) is 54.0 Å². The molecule has 0 unspecified atom stereocenters. The fourth-order valence-corrected chi connectivity index (χ4v) is 4.07. The Balaban J connectivity index is 1.55. The molecule has 4 rings (SSSR count). The van der Waals surface area contributed by atoms with E-state index in [2.05, 4.69) is 16.9 Å². The average molecular weight is 400 g/mol. The number of hydrogen-bond donors (Lipinski definition) is 0. The molecule has 0 bridgehead atoms. The van der Waals surface area contributed by atoms with Crippen LogP contribution in [-0.4, -0.2) is 54.2 Å². The minimum absolute atomic E-state index is 0.0265. The van der Waals surface area contributed by atoms with E-state index in [0.717, 1.165) is 25.9 Å². The summed E-state index contributed by atoms with van der Waals surface area (Å²) in [6.07, 6.45) is 3.41. The van der Waals surface area contributed by atoms with E-state index in [1.807, 2.05) is 20.8 Å². The number of benzene rings is 1. The molecule has 0 N–H and O–H groups in total. The monoisotopic (exact) mass is 400 g/mol. The summed E-state index contributed by atoms with van der Waals surface area (Å²) in [6.45, 7) is 5.92. The highest BCUT2D eigenvalue weighted by Crippen LogP contribution is 2.36. The molecule has 3 heterocycles. The van der Waals surface area contributed by atoms with E-state index in [-0.39, 0.29) is 16.4 Å². The molecule has 1 aromatic heterocycles. The SMILES string of the molecule is CC1CCN(c2ncnc(N3CCN(c4ccccc4F)CC3)c2[N+](=O)[O-])CC1. The van der Waals surface area contributed by atoms with Gasteiger partial charge in [0.15, 0.2) is 0 Å². The van der Waals surface area contributed by atoms with Crippen molar-refractivity contribution in [1.82, 2.24) is 9.97 Å². The van der Waals surface area contributed by atoms with Gasteiger partial charge in [0.1, 0.15) is 12.1 Å². The van der Waals surface area contributed by atoms with E-state index in [9.17, 15) is 14.5 Å². The molecule has 0 spiro atoms. The van der Waals surface area contributed by atoms with Crippen LogP contribution in [0, 0.1) is 21.8 Å². The topological polar surface area (TPSA) is 78.6 Å². The molecule has 29 heavy (non-hydrogen) atoms. The fourth-order valence-electron chi connectivity index (χ4n) is 4.07. The third-order valence-electron chi connectivity index (χ3n) is 5.82. The van der Waals surface area contributed by atoms with Gasteiger partial charge < -0.3 is 14.7 Å². The third-order valence-corrected chi connectivity index (χ3v) is 5.82. The number of nitro groups is 1. The van der Waals surface area contributed by atoms with Crippen molar-refractivity contribution in [2.24, 2.45) is 5.92 Å². The van der Waals surface area contributed by atoms with Crippen LogP contribution in [0.25, 0.3) is 0 Å². The molecule has 2 saturated heterocycles. The first-order valence-electron chi connectivity index (χ1n) is 10.0. The minimum atomic E-state index is -0.369. The van der Waals surface area contributed by atoms with Crippen LogP contribution in [0.1, 0.15) is 19.8 Å². The molecule has 8 nitrogen and oxygen atoms in total. The first-order valence-corrected chi connectivity index (χ1v) is 10.0. The van der Waals surface area contributed by atoms with Crippen molar-refractivity contribution < 1.29 is 9.31 Å². The molecule has 2 aliphatic heterocycles. The molecule has 154 valence electrons. The quantitative estimate of drug-likeness (QED) is 0.576. The van der Waals surface area contributed by atoms with Gasteiger partial charge in [0.2, 0.25) is 11.6 Å². The maximum absolute atomic E-state index is 14.1. The van der Waals surface area contributed by atoms with Crippen LogP contribution in [0.3, 0.4) is 0 Å². The van der Waals surface area contributed by atoms with Gasteiger partial charge >= 0.3 is 5.69 Å². The lowest BCUT2D eigenvalue weighted by atomic mass is 9.99. The molecule has 2 aromatic rings. The summed E-state index contributed by atoms with van der Waals surface area (Å²) in [6, 6.07) is 6.68. The Morgan fingerprint density at radius 1 is 0.966 bits per heavy atom. The largest absolute Gasteiger partial charge is 0.366 e. The zero-order valence-corrected chi connectivity index (χ0v) is 16.5. The molecule has 2 fully saturated rings. The molecular weight excluding hydrogens is 375 g/mol. The normalized spacial score (nSPS) is 18.2. The lowest BCUT2D eigenvalue weighted by Crippen LogP contribution is -2.47. The summed E-state index contributed by atoms with van der Waals surface area (Å²) >= 11 is 0. The van der Waals surface area contributed by atoms with Crippen molar-refractivity contribution >= 4 is 23.0 Å². The van der Waals surface area contributed by atoms with Crippen LogP contribution in [0.5, 0.6) is 0 Å². The number of anilines is 3. The number of piperazine rings is 1.